The molecule has 24 heavy (non-hydrogen) atoms. The molecule has 0 radical (unpaired) electrons. The molecule has 1 aromatic carbocycles. The van der Waals surface area contributed by atoms with E-state index in [2.05, 4.69) is 11.4 Å². The van der Waals surface area contributed by atoms with Gasteiger partial charge in [-0.15, -0.1) is 0 Å². The van der Waals surface area contributed by atoms with Crippen LogP contribution in [-0.2, 0) is 0 Å². The number of benzene rings is 1. The van der Waals surface area contributed by atoms with Gasteiger partial charge in [0.05, 0.1) is 11.1 Å². The summed E-state index contributed by atoms with van der Waals surface area (Å²) >= 11 is 0. The lowest BCUT2D eigenvalue weighted by Gasteiger charge is -2.33. The van der Waals surface area contributed by atoms with Crippen molar-refractivity contribution in [2.75, 3.05) is 26.7 Å². The molecule has 2 aromatic rings. The van der Waals surface area contributed by atoms with E-state index in [0.717, 1.165) is 48.2 Å². The number of para-hydroxylation sites is 1. The van der Waals surface area contributed by atoms with Crippen LogP contribution >= 0.6 is 0 Å². The fraction of sp³-hybridized carbons (Fsp3) is 0.500. The van der Waals surface area contributed by atoms with Crippen LogP contribution in [0.1, 0.15) is 47.7 Å². The number of aromatic nitrogens is 1. The van der Waals surface area contributed by atoms with Crippen LogP contribution in [0, 0.1) is 5.92 Å². The Labute approximate surface area is 143 Å². The quantitative estimate of drug-likeness (QED) is 0.940. The van der Waals surface area contributed by atoms with Crippen LogP contribution in [0.25, 0.3) is 10.9 Å². The highest BCUT2D eigenvalue weighted by Gasteiger charge is 2.29. The largest absolute Gasteiger partial charge is 0.338 e. The first-order chi connectivity index (χ1) is 11.8. The number of carbonyl (C=O) groups is 1. The molecule has 2 heterocycles. The van der Waals surface area contributed by atoms with Crippen LogP contribution in [0.5, 0.6) is 0 Å². The second-order valence-corrected chi connectivity index (χ2v) is 7.20. The van der Waals surface area contributed by atoms with E-state index in [-0.39, 0.29) is 5.91 Å². The average molecular weight is 323 g/mol. The smallest absolute Gasteiger partial charge is 0.254 e. The number of hydrogen-bond acceptors (Lipinski definition) is 3. The van der Waals surface area contributed by atoms with E-state index in [1.54, 1.807) is 0 Å². The van der Waals surface area contributed by atoms with E-state index in [1.165, 1.54) is 19.3 Å². The van der Waals surface area contributed by atoms with Gasteiger partial charge in [-0.2, -0.15) is 0 Å². The highest BCUT2D eigenvalue weighted by atomic mass is 16.2. The van der Waals surface area contributed by atoms with E-state index >= 15 is 0 Å². The SMILES string of the molecule is CNCC1CCCN(C(=O)c2cc(C3CC3)nc3ccccc23)C1. The Morgan fingerprint density at radius 3 is 2.92 bits per heavy atom. The van der Waals surface area contributed by atoms with Gasteiger partial charge in [-0.3, -0.25) is 9.78 Å². The molecule has 1 saturated heterocycles. The molecule has 1 aliphatic heterocycles. The first-order valence-electron chi connectivity index (χ1n) is 9.10. The minimum Gasteiger partial charge on any atom is -0.338 e. The Morgan fingerprint density at radius 1 is 1.29 bits per heavy atom. The van der Waals surface area contributed by atoms with Crippen LogP contribution in [0.3, 0.4) is 0 Å². The predicted molar refractivity (Wildman–Crippen MR) is 96.3 cm³/mol. The van der Waals surface area contributed by atoms with Crippen LogP contribution in [0.4, 0.5) is 0 Å². The van der Waals surface area contributed by atoms with E-state index in [9.17, 15) is 4.79 Å². The van der Waals surface area contributed by atoms with E-state index in [0.29, 0.717) is 11.8 Å². The zero-order valence-electron chi connectivity index (χ0n) is 14.3. The maximum absolute atomic E-state index is 13.2. The molecular weight excluding hydrogens is 298 g/mol. The van der Waals surface area contributed by atoms with Gasteiger partial charge < -0.3 is 10.2 Å². The molecule has 0 bridgehead atoms. The molecule has 0 spiro atoms. The monoisotopic (exact) mass is 323 g/mol. The van der Waals surface area contributed by atoms with E-state index in [4.69, 9.17) is 4.98 Å². The summed E-state index contributed by atoms with van der Waals surface area (Å²) in [5.74, 6) is 1.29. The van der Waals surface area contributed by atoms with Crippen molar-refractivity contribution >= 4 is 16.8 Å². The Morgan fingerprint density at radius 2 is 2.12 bits per heavy atom. The van der Waals surface area contributed by atoms with Gasteiger partial charge in [0.2, 0.25) is 0 Å². The Kier molecular flexibility index (Phi) is 4.23. The third kappa shape index (κ3) is 3.03. The van der Waals surface area contributed by atoms with Crippen LogP contribution in [0.15, 0.2) is 30.3 Å². The van der Waals surface area contributed by atoms with E-state index in [1.807, 2.05) is 36.2 Å². The lowest BCUT2D eigenvalue weighted by Crippen LogP contribution is -2.42. The van der Waals surface area contributed by atoms with Gasteiger partial charge in [0.1, 0.15) is 0 Å². The van der Waals surface area contributed by atoms with Gasteiger partial charge in [0.25, 0.3) is 5.91 Å². The Balaban J connectivity index is 1.68. The summed E-state index contributed by atoms with van der Waals surface area (Å²) in [4.78, 5) is 20.1. The second kappa shape index (κ2) is 6.52. The fourth-order valence-corrected chi connectivity index (χ4v) is 3.84. The first kappa shape index (κ1) is 15.6. The molecule has 1 amide bonds. The predicted octanol–water partition coefficient (Wildman–Crippen LogP) is 3.18. The molecule has 4 nitrogen and oxygen atoms in total. The summed E-state index contributed by atoms with van der Waals surface area (Å²) in [7, 11) is 1.99. The van der Waals surface area contributed by atoms with Gasteiger partial charge in [0, 0.05) is 30.1 Å². The number of hydrogen-bond donors (Lipinski definition) is 1. The number of amides is 1. The van der Waals surface area contributed by atoms with Crippen molar-refractivity contribution in [2.45, 2.75) is 31.6 Å². The van der Waals surface area contributed by atoms with Crippen LogP contribution in [0.2, 0.25) is 0 Å². The number of pyridine rings is 1. The molecule has 1 N–H and O–H groups in total. The minimum absolute atomic E-state index is 0.177. The van der Waals surface area contributed by atoms with Gasteiger partial charge in [0.15, 0.2) is 0 Å². The summed E-state index contributed by atoms with van der Waals surface area (Å²) in [5, 5.41) is 4.24. The lowest BCUT2D eigenvalue weighted by atomic mass is 9.96. The standard InChI is InChI=1S/C20H25N3O/c1-21-12-14-5-4-10-23(13-14)20(24)17-11-19(15-8-9-15)22-18-7-3-2-6-16(17)18/h2-3,6-7,11,14-15,21H,4-5,8-10,12-13H2,1H3. The van der Waals surface area contributed by atoms with Crippen LogP contribution < -0.4 is 5.32 Å². The maximum Gasteiger partial charge on any atom is 0.254 e. The summed E-state index contributed by atoms with van der Waals surface area (Å²) in [6.45, 7) is 2.71. The molecule has 1 aromatic heterocycles. The third-order valence-corrected chi connectivity index (χ3v) is 5.26. The number of nitrogens with one attached hydrogen (secondary N) is 1. The number of fused-ring (bicyclic) bond motifs is 1. The summed E-state index contributed by atoms with van der Waals surface area (Å²) in [6.07, 6.45) is 4.70. The van der Waals surface area contributed by atoms with Crippen LogP contribution in [-0.4, -0.2) is 42.5 Å². The Bertz CT molecular complexity index is 752. The molecule has 4 rings (SSSR count). The van der Waals surface area contributed by atoms with E-state index < -0.39 is 0 Å². The van der Waals surface area contributed by atoms with Gasteiger partial charge >= 0.3 is 0 Å². The number of carbonyl (C=O) groups excluding carboxylic acids is 1. The second-order valence-electron chi connectivity index (χ2n) is 7.20. The molecule has 4 heteroatoms. The maximum atomic E-state index is 13.2. The molecule has 2 aliphatic rings. The third-order valence-electron chi connectivity index (χ3n) is 5.26. The normalized spacial score (nSPS) is 21.2. The molecule has 1 unspecified atom stereocenters. The van der Waals surface area contributed by atoms with Crippen molar-refractivity contribution in [3.05, 3.63) is 41.6 Å². The summed E-state index contributed by atoms with van der Waals surface area (Å²) in [6, 6.07) is 10.1. The number of piperidine rings is 1. The number of nitrogens with zero attached hydrogens (tertiary/aromatic N) is 2. The number of rotatable bonds is 4. The molecular formula is C20H25N3O. The topological polar surface area (TPSA) is 45.2 Å². The number of likely N-dealkylation sites (tertiary alicyclic amines) is 1. The first-order valence-corrected chi connectivity index (χ1v) is 9.10. The molecule has 2 fully saturated rings. The zero-order chi connectivity index (χ0) is 16.5. The summed E-state index contributed by atoms with van der Waals surface area (Å²) in [5.41, 5.74) is 2.89. The molecule has 1 saturated carbocycles. The average Bonchev–Trinajstić information content (AvgIpc) is 3.46. The summed E-state index contributed by atoms with van der Waals surface area (Å²) < 4.78 is 0. The fourth-order valence-electron chi connectivity index (χ4n) is 3.84. The molecule has 1 aliphatic carbocycles. The van der Waals surface area contributed by atoms with Crippen molar-refractivity contribution < 1.29 is 4.79 Å². The minimum atomic E-state index is 0.177. The van der Waals surface area contributed by atoms with Gasteiger partial charge in [-0.05, 0) is 57.3 Å². The van der Waals surface area contributed by atoms with Gasteiger partial charge in [-0.1, -0.05) is 18.2 Å². The lowest BCUT2D eigenvalue weighted by molar-refractivity contribution is 0.0676. The molecule has 126 valence electrons. The molecule has 1 atom stereocenters. The highest BCUT2D eigenvalue weighted by molar-refractivity contribution is 6.06. The van der Waals surface area contributed by atoms with Crippen molar-refractivity contribution in [2.24, 2.45) is 5.92 Å². The van der Waals surface area contributed by atoms with Crippen molar-refractivity contribution in [3.8, 4) is 0 Å². The van der Waals surface area contributed by atoms with Crippen molar-refractivity contribution in [1.82, 2.24) is 15.2 Å². The van der Waals surface area contributed by atoms with Crippen molar-refractivity contribution in [1.29, 1.82) is 0 Å². The van der Waals surface area contributed by atoms with Gasteiger partial charge in [-0.25, -0.2) is 0 Å². The highest BCUT2D eigenvalue weighted by Crippen LogP contribution is 2.40. The van der Waals surface area contributed by atoms with Crippen molar-refractivity contribution in [3.63, 3.8) is 0 Å². The Hall–Kier alpha value is -1.94. The zero-order valence-corrected chi connectivity index (χ0v) is 14.3.